The molecule has 0 radical (unpaired) electrons. The summed E-state index contributed by atoms with van der Waals surface area (Å²) in [6, 6.07) is 6.24. The van der Waals surface area contributed by atoms with Gasteiger partial charge in [0.25, 0.3) is 0 Å². The number of hydrogen-bond acceptors (Lipinski definition) is 4. The summed E-state index contributed by atoms with van der Waals surface area (Å²) in [5.74, 6) is 1.03. The first-order chi connectivity index (χ1) is 9.86. The van der Waals surface area contributed by atoms with Crippen molar-refractivity contribution in [2.75, 3.05) is 20.2 Å². The van der Waals surface area contributed by atoms with Crippen molar-refractivity contribution in [1.29, 1.82) is 0 Å². The van der Waals surface area contributed by atoms with Crippen LogP contribution in [0.4, 0.5) is 0 Å². The zero-order valence-electron chi connectivity index (χ0n) is 11.7. The smallest absolute Gasteiger partial charge is 0.119 e. The van der Waals surface area contributed by atoms with E-state index in [0.29, 0.717) is 11.8 Å². The zero-order chi connectivity index (χ0) is 13.6. The number of para-hydroxylation sites is 1. The van der Waals surface area contributed by atoms with E-state index in [1.54, 1.807) is 0 Å². The standard InChI is InChI=1S/C15H20N4O/c1-20-15(10-4-2-5-11(15)9-16-8-10)12-6-3-7-13-14(12)18-19-17-13/h3,6-7,10-11,16H,2,4-5,8-9H2,1H3,(H,17,18,19). The van der Waals surface area contributed by atoms with Crippen LogP contribution in [0.25, 0.3) is 11.0 Å². The van der Waals surface area contributed by atoms with Crippen molar-refractivity contribution < 1.29 is 4.74 Å². The third-order valence-electron chi connectivity index (χ3n) is 5.21. The summed E-state index contributed by atoms with van der Waals surface area (Å²) < 4.78 is 6.19. The number of fused-ring (bicyclic) bond motifs is 3. The number of hydrogen-bond donors (Lipinski definition) is 2. The van der Waals surface area contributed by atoms with Crippen LogP contribution < -0.4 is 5.32 Å². The van der Waals surface area contributed by atoms with E-state index in [0.717, 1.165) is 24.1 Å². The van der Waals surface area contributed by atoms with Crippen LogP contribution in [-0.2, 0) is 10.3 Å². The Labute approximate surface area is 118 Å². The normalized spacial score (nSPS) is 33.5. The summed E-state index contributed by atoms with van der Waals surface area (Å²) in [7, 11) is 1.86. The molecule has 2 atom stereocenters. The van der Waals surface area contributed by atoms with Gasteiger partial charge in [0, 0.05) is 37.6 Å². The molecule has 1 aliphatic heterocycles. The minimum absolute atomic E-state index is 0.208. The average molecular weight is 272 g/mol. The summed E-state index contributed by atoms with van der Waals surface area (Å²) in [5.41, 5.74) is 2.89. The van der Waals surface area contributed by atoms with Crippen LogP contribution in [-0.4, -0.2) is 35.6 Å². The molecule has 1 aromatic heterocycles. The highest BCUT2D eigenvalue weighted by molar-refractivity contribution is 5.78. The molecule has 1 aromatic carbocycles. The summed E-state index contributed by atoms with van der Waals surface area (Å²) in [4.78, 5) is 0. The summed E-state index contributed by atoms with van der Waals surface area (Å²) in [6.07, 6.45) is 3.73. The fourth-order valence-corrected chi connectivity index (χ4v) is 4.38. The van der Waals surface area contributed by atoms with Crippen molar-refractivity contribution in [3.8, 4) is 0 Å². The summed E-state index contributed by atoms with van der Waals surface area (Å²) in [6.45, 7) is 2.05. The molecule has 1 aliphatic carbocycles. The summed E-state index contributed by atoms with van der Waals surface area (Å²) in [5, 5.41) is 14.9. The van der Waals surface area contributed by atoms with Gasteiger partial charge < -0.3 is 10.1 Å². The van der Waals surface area contributed by atoms with E-state index >= 15 is 0 Å². The number of ether oxygens (including phenoxy) is 1. The molecule has 5 nitrogen and oxygen atoms in total. The molecule has 4 rings (SSSR count). The van der Waals surface area contributed by atoms with Crippen molar-refractivity contribution in [3.63, 3.8) is 0 Å². The van der Waals surface area contributed by atoms with Crippen molar-refractivity contribution >= 4 is 11.0 Å². The van der Waals surface area contributed by atoms with Crippen molar-refractivity contribution in [2.45, 2.75) is 24.9 Å². The predicted molar refractivity (Wildman–Crippen MR) is 76.3 cm³/mol. The fourth-order valence-electron chi connectivity index (χ4n) is 4.38. The Kier molecular flexibility index (Phi) is 2.79. The van der Waals surface area contributed by atoms with Crippen LogP contribution in [0.1, 0.15) is 24.8 Å². The molecule has 0 spiro atoms. The van der Waals surface area contributed by atoms with Gasteiger partial charge in [-0.15, -0.1) is 0 Å². The second-order valence-corrected chi connectivity index (χ2v) is 5.98. The zero-order valence-corrected chi connectivity index (χ0v) is 11.7. The third-order valence-corrected chi connectivity index (χ3v) is 5.21. The van der Waals surface area contributed by atoms with E-state index in [-0.39, 0.29) is 5.60 Å². The molecule has 2 N–H and O–H groups in total. The van der Waals surface area contributed by atoms with E-state index in [4.69, 9.17) is 4.74 Å². The van der Waals surface area contributed by atoms with Gasteiger partial charge in [-0.25, -0.2) is 0 Å². The molecule has 2 aliphatic rings. The molecule has 1 saturated carbocycles. The highest BCUT2D eigenvalue weighted by Crippen LogP contribution is 2.50. The molecule has 2 aromatic rings. The first kappa shape index (κ1) is 12.3. The number of aromatic amines is 1. The van der Waals surface area contributed by atoms with Gasteiger partial charge in [0.1, 0.15) is 16.6 Å². The molecular weight excluding hydrogens is 252 g/mol. The minimum atomic E-state index is -0.208. The lowest BCUT2D eigenvalue weighted by Crippen LogP contribution is -2.57. The molecule has 2 heterocycles. The largest absolute Gasteiger partial charge is 0.373 e. The van der Waals surface area contributed by atoms with Gasteiger partial charge in [-0.05, 0) is 18.9 Å². The molecule has 5 heteroatoms. The van der Waals surface area contributed by atoms with Crippen LogP contribution in [0.2, 0.25) is 0 Å². The van der Waals surface area contributed by atoms with Crippen LogP contribution >= 0.6 is 0 Å². The highest BCUT2D eigenvalue weighted by atomic mass is 16.5. The molecule has 20 heavy (non-hydrogen) atoms. The lowest BCUT2D eigenvalue weighted by Gasteiger charge is -2.52. The Morgan fingerprint density at radius 3 is 2.75 bits per heavy atom. The van der Waals surface area contributed by atoms with Crippen molar-refractivity contribution in [1.82, 2.24) is 20.7 Å². The molecule has 106 valence electrons. The number of rotatable bonds is 2. The van der Waals surface area contributed by atoms with Gasteiger partial charge in [0.05, 0.1) is 0 Å². The van der Waals surface area contributed by atoms with E-state index in [9.17, 15) is 0 Å². The van der Waals surface area contributed by atoms with Gasteiger partial charge >= 0.3 is 0 Å². The second-order valence-electron chi connectivity index (χ2n) is 5.98. The van der Waals surface area contributed by atoms with Gasteiger partial charge in [-0.2, -0.15) is 15.4 Å². The number of methoxy groups -OCH3 is 1. The maximum Gasteiger partial charge on any atom is 0.119 e. The topological polar surface area (TPSA) is 62.8 Å². The minimum Gasteiger partial charge on any atom is -0.373 e. The second kappa shape index (κ2) is 4.53. The Morgan fingerprint density at radius 2 is 2.00 bits per heavy atom. The van der Waals surface area contributed by atoms with E-state index in [1.165, 1.54) is 24.8 Å². The number of nitrogens with zero attached hydrogens (tertiary/aromatic N) is 2. The molecule has 0 amide bonds. The average Bonchev–Trinajstić information content (AvgIpc) is 2.94. The fraction of sp³-hybridized carbons (Fsp3) is 0.600. The Hall–Kier alpha value is -1.46. The predicted octanol–water partition coefficient (Wildman–Crippen LogP) is 1.82. The molecule has 1 saturated heterocycles. The third kappa shape index (κ3) is 1.50. The van der Waals surface area contributed by atoms with E-state index in [1.807, 2.05) is 13.2 Å². The number of nitrogens with one attached hydrogen (secondary N) is 2. The van der Waals surface area contributed by atoms with Gasteiger partial charge in [0.15, 0.2) is 0 Å². The molecule has 2 bridgehead atoms. The van der Waals surface area contributed by atoms with Crippen LogP contribution in [0.5, 0.6) is 0 Å². The molecule has 2 unspecified atom stereocenters. The summed E-state index contributed by atoms with van der Waals surface area (Å²) >= 11 is 0. The maximum absolute atomic E-state index is 6.19. The molecular formula is C15H20N4O. The van der Waals surface area contributed by atoms with E-state index in [2.05, 4.69) is 32.9 Å². The molecule has 2 fully saturated rings. The lowest BCUT2D eigenvalue weighted by atomic mass is 9.62. The van der Waals surface area contributed by atoms with Gasteiger partial charge in [0.2, 0.25) is 0 Å². The monoisotopic (exact) mass is 272 g/mol. The number of H-pyrrole nitrogens is 1. The van der Waals surface area contributed by atoms with Gasteiger partial charge in [-0.3, -0.25) is 0 Å². The highest BCUT2D eigenvalue weighted by Gasteiger charge is 2.52. The number of piperidine rings is 1. The lowest BCUT2D eigenvalue weighted by molar-refractivity contribution is -0.143. The Morgan fingerprint density at radius 1 is 1.20 bits per heavy atom. The Balaban J connectivity index is 1.94. The number of benzene rings is 1. The first-order valence-corrected chi connectivity index (χ1v) is 7.42. The first-order valence-electron chi connectivity index (χ1n) is 7.42. The van der Waals surface area contributed by atoms with E-state index < -0.39 is 0 Å². The van der Waals surface area contributed by atoms with Gasteiger partial charge in [-0.1, -0.05) is 18.6 Å². The number of aromatic nitrogens is 3. The quantitative estimate of drug-likeness (QED) is 0.875. The van der Waals surface area contributed by atoms with Crippen LogP contribution in [0.15, 0.2) is 18.2 Å². The SMILES string of the molecule is COC1(c2cccc3n[nH]nc23)C2CCCC1CNC2. The maximum atomic E-state index is 6.19. The van der Waals surface area contributed by atoms with Crippen LogP contribution in [0, 0.1) is 11.8 Å². The van der Waals surface area contributed by atoms with Crippen molar-refractivity contribution in [2.24, 2.45) is 11.8 Å². The van der Waals surface area contributed by atoms with Crippen molar-refractivity contribution in [3.05, 3.63) is 23.8 Å². The van der Waals surface area contributed by atoms with Crippen LogP contribution in [0.3, 0.4) is 0 Å². The Bertz CT molecular complexity index is 601.